The van der Waals surface area contributed by atoms with Gasteiger partial charge in [0.05, 0.1) is 12.0 Å². The Labute approximate surface area is 160 Å². The van der Waals surface area contributed by atoms with E-state index in [1.165, 1.54) is 18.4 Å². The minimum absolute atomic E-state index is 0.133. The second-order valence-electron chi connectivity index (χ2n) is 5.82. The minimum atomic E-state index is -0.741. The van der Waals surface area contributed by atoms with Crippen LogP contribution >= 0.6 is 11.3 Å². The molecule has 27 heavy (non-hydrogen) atoms. The number of aryl methyl sites for hydroxylation is 1. The molecule has 0 aliphatic carbocycles. The van der Waals surface area contributed by atoms with E-state index in [0.717, 1.165) is 10.4 Å². The van der Waals surface area contributed by atoms with Crippen LogP contribution in [-0.4, -0.2) is 35.2 Å². The summed E-state index contributed by atoms with van der Waals surface area (Å²) >= 11 is 1.51. The molecule has 0 fully saturated rings. The summed E-state index contributed by atoms with van der Waals surface area (Å²) in [4.78, 5) is 29.4. The van der Waals surface area contributed by atoms with Crippen molar-refractivity contribution in [2.24, 2.45) is 0 Å². The number of amides is 1. The SMILES string of the molecule is COC(=O)[C@H](Cc1ccccc1)NC(=O)CCc1nc(-c2cccs2)no1. The summed E-state index contributed by atoms with van der Waals surface area (Å²) in [6, 6.07) is 12.5. The van der Waals surface area contributed by atoms with E-state index in [-0.39, 0.29) is 12.3 Å². The van der Waals surface area contributed by atoms with Gasteiger partial charge < -0.3 is 14.6 Å². The summed E-state index contributed by atoms with van der Waals surface area (Å²) < 4.78 is 9.98. The Kier molecular flexibility index (Phi) is 6.32. The van der Waals surface area contributed by atoms with E-state index in [0.29, 0.717) is 24.6 Å². The van der Waals surface area contributed by atoms with Crippen LogP contribution in [0.15, 0.2) is 52.4 Å². The van der Waals surface area contributed by atoms with E-state index < -0.39 is 12.0 Å². The van der Waals surface area contributed by atoms with Crippen molar-refractivity contribution in [3.05, 3.63) is 59.3 Å². The molecule has 7 nitrogen and oxygen atoms in total. The summed E-state index contributed by atoms with van der Waals surface area (Å²) in [5, 5.41) is 8.56. The van der Waals surface area contributed by atoms with E-state index in [2.05, 4.69) is 15.5 Å². The first-order valence-corrected chi connectivity index (χ1v) is 9.31. The molecule has 3 rings (SSSR count). The van der Waals surface area contributed by atoms with Crippen molar-refractivity contribution in [3.63, 3.8) is 0 Å². The topological polar surface area (TPSA) is 94.3 Å². The maximum absolute atomic E-state index is 12.3. The number of ether oxygens (including phenoxy) is 1. The number of carbonyl (C=O) groups excluding carboxylic acids is 2. The number of nitrogens with zero attached hydrogens (tertiary/aromatic N) is 2. The van der Waals surface area contributed by atoms with Gasteiger partial charge in [-0.15, -0.1) is 11.3 Å². The molecule has 8 heteroatoms. The fourth-order valence-electron chi connectivity index (χ4n) is 2.53. The molecule has 1 aromatic carbocycles. The first kappa shape index (κ1) is 18.8. The highest BCUT2D eigenvalue weighted by molar-refractivity contribution is 7.13. The largest absolute Gasteiger partial charge is 0.467 e. The van der Waals surface area contributed by atoms with Crippen molar-refractivity contribution in [1.82, 2.24) is 15.5 Å². The second-order valence-corrected chi connectivity index (χ2v) is 6.77. The number of benzene rings is 1. The Morgan fingerprint density at radius 1 is 1.22 bits per heavy atom. The van der Waals surface area contributed by atoms with E-state index in [4.69, 9.17) is 9.26 Å². The van der Waals surface area contributed by atoms with Crippen molar-refractivity contribution >= 4 is 23.2 Å². The Hall–Kier alpha value is -3.00. The smallest absolute Gasteiger partial charge is 0.328 e. The van der Waals surface area contributed by atoms with Crippen LogP contribution in [0.25, 0.3) is 10.7 Å². The van der Waals surface area contributed by atoms with Crippen LogP contribution in [0.5, 0.6) is 0 Å². The van der Waals surface area contributed by atoms with Gasteiger partial charge in [-0.3, -0.25) is 4.79 Å². The van der Waals surface area contributed by atoms with Crippen molar-refractivity contribution < 1.29 is 18.8 Å². The average Bonchev–Trinajstić information content (AvgIpc) is 3.37. The van der Waals surface area contributed by atoms with Gasteiger partial charge in [0.15, 0.2) is 0 Å². The molecule has 0 unspecified atom stereocenters. The van der Waals surface area contributed by atoms with Gasteiger partial charge in [-0.2, -0.15) is 4.98 Å². The van der Waals surface area contributed by atoms with Gasteiger partial charge in [0, 0.05) is 19.3 Å². The van der Waals surface area contributed by atoms with E-state index >= 15 is 0 Å². The molecule has 0 aliphatic rings. The molecular weight excluding hydrogens is 366 g/mol. The molecule has 1 N–H and O–H groups in total. The number of carbonyl (C=O) groups is 2. The molecule has 0 aliphatic heterocycles. The summed E-state index contributed by atoms with van der Waals surface area (Å²) in [7, 11) is 1.30. The van der Waals surface area contributed by atoms with Crippen molar-refractivity contribution in [1.29, 1.82) is 0 Å². The standard InChI is InChI=1S/C19H19N3O4S/c1-25-19(24)14(12-13-6-3-2-4-7-13)20-16(23)9-10-17-21-18(22-26-17)15-8-5-11-27-15/h2-8,11,14H,9-10,12H2,1H3,(H,20,23)/t14-/m0/s1. The molecule has 0 saturated carbocycles. The molecule has 3 aromatic rings. The third-order valence-electron chi connectivity index (χ3n) is 3.88. The zero-order chi connectivity index (χ0) is 19.1. The number of thiophene rings is 1. The Balaban J connectivity index is 1.55. The van der Waals surface area contributed by atoms with Gasteiger partial charge in [-0.25, -0.2) is 4.79 Å². The Bertz CT molecular complexity index is 878. The quantitative estimate of drug-likeness (QED) is 0.599. The number of nitrogens with one attached hydrogen (secondary N) is 1. The van der Waals surface area contributed by atoms with Crippen LogP contribution in [0.3, 0.4) is 0 Å². The van der Waals surface area contributed by atoms with Crippen LogP contribution in [0.1, 0.15) is 17.9 Å². The lowest BCUT2D eigenvalue weighted by molar-refractivity contribution is -0.145. The van der Waals surface area contributed by atoms with Crippen molar-refractivity contribution in [2.75, 3.05) is 7.11 Å². The van der Waals surface area contributed by atoms with Crippen LogP contribution in [-0.2, 0) is 27.2 Å². The first-order chi connectivity index (χ1) is 13.2. The Morgan fingerprint density at radius 3 is 2.74 bits per heavy atom. The van der Waals surface area contributed by atoms with Gasteiger partial charge in [0.1, 0.15) is 6.04 Å². The fourth-order valence-corrected chi connectivity index (χ4v) is 3.18. The maximum Gasteiger partial charge on any atom is 0.328 e. The van der Waals surface area contributed by atoms with Crippen molar-refractivity contribution in [3.8, 4) is 10.7 Å². The first-order valence-electron chi connectivity index (χ1n) is 8.43. The highest BCUT2D eigenvalue weighted by Gasteiger charge is 2.22. The third-order valence-corrected chi connectivity index (χ3v) is 4.74. The van der Waals surface area contributed by atoms with Crippen LogP contribution in [0.2, 0.25) is 0 Å². The molecular formula is C19H19N3O4S. The molecule has 0 bridgehead atoms. The summed E-state index contributed by atoms with van der Waals surface area (Å²) in [5.74, 6) is 0.130. The molecule has 0 spiro atoms. The number of methoxy groups -OCH3 is 1. The van der Waals surface area contributed by atoms with E-state index in [1.807, 2.05) is 47.8 Å². The van der Waals surface area contributed by atoms with Gasteiger partial charge >= 0.3 is 5.97 Å². The molecule has 2 heterocycles. The number of esters is 1. The van der Waals surface area contributed by atoms with E-state index in [1.54, 1.807) is 0 Å². The van der Waals surface area contributed by atoms with Gasteiger partial charge in [-0.05, 0) is 17.0 Å². The lowest BCUT2D eigenvalue weighted by Crippen LogP contribution is -2.43. The van der Waals surface area contributed by atoms with Gasteiger partial charge in [0.25, 0.3) is 0 Å². The molecule has 0 radical (unpaired) electrons. The summed E-state index contributed by atoms with van der Waals surface area (Å²) in [6.07, 6.45) is 0.792. The number of rotatable bonds is 8. The lowest BCUT2D eigenvalue weighted by Gasteiger charge is -2.16. The number of hydrogen-bond acceptors (Lipinski definition) is 7. The summed E-state index contributed by atoms with van der Waals surface area (Å²) in [6.45, 7) is 0. The predicted molar refractivity (Wildman–Crippen MR) is 100 cm³/mol. The fraction of sp³-hybridized carbons (Fsp3) is 0.263. The van der Waals surface area contributed by atoms with Crippen LogP contribution < -0.4 is 5.32 Å². The van der Waals surface area contributed by atoms with Crippen molar-refractivity contribution in [2.45, 2.75) is 25.3 Å². The number of aromatic nitrogens is 2. The van der Waals surface area contributed by atoms with Crippen LogP contribution in [0, 0.1) is 0 Å². The highest BCUT2D eigenvalue weighted by atomic mass is 32.1. The second kappa shape index (κ2) is 9.09. The molecule has 140 valence electrons. The van der Waals surface area contributed by atoms with Gasteiger partial charge in [0.2, 0.25) is 17.6 Å². The molecule has 2 aromatic heterocycles. The third kappa shape index (κ3) is 5.24. The Morgan fingerprint density at radius 2 is 2.04 bits per heavy atom. The lowest BCUT2D eigenvalue weighted by atomic mass is 10.1. The summed E-state index contributed by atoms with van der Waals surface area (Å²) in [5.41, 5.74) is 0.936. The van der Waals surface area contributed by atoms with E-state index in [9.17, 15) is 9.59 Å². The minimum Gasteiger partial charge on any atom is -0.467 e. The van der Waals surface area contributed by atoms with Gasteiger partial charge in [-0.1, -0.05) is 41.6 Å². The predicted octanol–water partition coefficient (Wildman–Crippen LogP) is 2.63. The zero-order valence-corrected chi connectivity index (χ0v) is 15.6. The maximum atomic E-state index is 12.3. The normalized spacial score (nSPS) is 11.7. The monoisotopic (exact) mass is 385 g/mol. The molecule has 0 saturated heterocycles. The highest BCUT2D eigenvalue weighted by Crippen LogP contribution is 2.21. The molecule has 1 atom stereocenters. The zero-order valence-electron chi connectivity index (χ0n) is 14.8. The molecule has 1 amide bonds. The average molecular weight is 385 g/mol. The number of hydrogen-bond donors (Lipinski definition) is 1. The van der Waals surface area contributed by atoms with Crippen LogP contribution in [0.4, 0.5) is 0 Å².